The number of aromatic nitrogens is 5. The van der Waals surface area contributed by atoms with E-state index in [9.17, 15) is 4.39 Å². The molecule has 3 aromatic heterocycles. The zero-order valence-corrected chi connectivity index (χ0v) is 15.5. The van der Waals surface area contributed by atoms with Gasteiger partial charge in [0.25, 0.3) is 0 Å². The van der Waals surface area contributed by atoms with Crippen LogP contribution in [0.3, 0.4) is 0 Å². The van der Waals surface area contributed by atoms with E-state index < -0.39 is 0 Å². The van der Waals surface area contributed by atoms with Crippen LogP contribution in [0.5, 0.6) is 0 Å². The number of benzene rings is 1. The third kappa shape index (κ3) is 3.79. The van der Waals surface area contributed by atoms with Gasteiger partial charge in [-0.2, -0.15) is 14.9 Å². The number of nitrogens with zero attached hydrogens (tertiary/aromatic N) is 5. The SMILES string of the molecule is Cc1ccnn1Nc1nc(NCc2cc(-c3ccccc3F)no2)ncc1Cl. The summed E-state index contributed by atoms with van der Waals surface area (Å²) < 4.78 is 19.1. The molecule has 10 heteroatoms. The number of hydrogen-bond donors (Lipinski definition) is 2. The van der Waals surface area contributed by atoms with Crippen LogP contribution in [0.25, 0.3) is 11.3 Å². The van der Waals surface area contributed by atoms with Gasteiger partial charge in [-0.15, -0.1) is 0 Å². The first kappa shape index (κ1) is 17.9. The molecule has 0 spiro atoms. The minimum absolute atomic E-state index is 0.267. The van der Waals surface area contributed by atoms with Crippen LogP contribution >= 0.6 is 11.6 Å². The van der Waals surface area contributed by atoms with Crippen molar-refractivity contribution in [2.24, 2.45) is 0 Å². The predicted molar refractivity (Wildman–Crippen MR) is 102 cm³/mol. The first-order chi connectivity index (χ1) is 13.6. The van der Waals surface area contributed by atoms with Crippen LogP contribution in [0.1, 0.15) is 11.5 Å². The fourth-order valence-corrected chi connectivity index (χ4v) is 2.61. The molecule has 0 amide bonds. The number of hydrogen-bond acceptors (Lipinski definition) is 7. The summed E-state index contributed by atoms with van der Waals surface area (Å²) in [7, 11) is 0. The van der Waals surface area contributed by atoms with E-state index in [0.717, 1.165) is 5.69 Å². The van der Waals surface area contributed by atoms with E-state index >= 15 is 0 Å². The van der Waals surface area contributed by atoms with Crippen LogP contribution < -0.4 is 10.7 Å². The molecular weight excluding hydrogens is 385 g/mol. The predicted octanol–water partition coefficient (Wildman–Crippen LogP) is 3.92. The number of aryl methyl sites for hydroxylation is 1. The number of anilines is 2. The molecular formula is C18H15ClFN7O. The zero-order valence-electron chi connectivity index (χ0n) is 14.7. The Morgan fingerprint density at radius 2 is 2.11 bits per heavy atom. The van der Waals surface area contributed by atoms with Crippen molar-refractivity contribution in [3.8, 4) is 11.3 Å². The van der Waals surface area contributed by atoms with Crippen LogP contribution in [0.4, 0.5) is 16.2 Å². The molecule has 0 radical (unpaired) electrons. The second kappa shape index (κ2) is 7.65. The van der Waals surface area contributed by atoms with Gasteiger partial charge in [-0.1, -0.05) is 28.9 Å². The summed E-state index contributed by atoms with van der Waals surface area (Å²) in [6, 6.07) is 9.88. The highest BCUT2D eigenvalue weighted by atomic mass is 35.5. The molecule has 0 saturated carbocycles. The summed E-state index contributed by atoms with van der Waals surface area (Å²) in [5.41, 5.74) is 4.69. The fraction of sp³-hybridized carbons (Fsp3) is 0.111. The van der Waals surface area contributed by atoms with Crippen LogP contribution in [0, 0.1) is 12.7 Å². The van der Waals surface area contributed by atoms with E-state index in [1.54, 1.807) is 35.3 Å². The topological polar surface area (TPSA) is 93.7 Å². The summed E-state index contributed by atoms with van der Waals surface area (Å²) in [6.07, 6.45) is 3.14. The van der Waals surface area contributed by atoms with E-state index in [4.69, 9.17) is 16.1 Å². The molecule has 4 aromatic rings. The van der Waals surface area contributed by atoms with Gasteiger partial charge in [0.15, 0.2) is 11.6 Å². The van der Waals surface area contributed by atoms with Crippen molar-refractivity contribution < 1.29 is 8.91 Å². The number of nitrogens with one attached hydrogen (secondary N) is 2. The van der Waals surface area contributed by atoms with Crippen molar-refractivity contribution in [1.29, 1.82) is 0 Å². The lowest BCUT2D eigenvalue weighted by molar-refractivity contribution is 0.389. The van der Waals surface area contributed by atoms with E-state index in [-0.39, 0.29) is 12.4 Å². The standard InChI is InChI=1S/C18H15ClFN7O/c1-11-6-7-23-27(11)25-17-14(19)10-22-18(24-17)21-9-12-8-16(26-28-12)13-4-2-3-5-15(13)20/h2-8,10H,9H2,1H3,(H2,21,22,24,25). The highest BCUT2D eigenvalue weighted by Crippen LogP contribution is 2.23. The van der Waals surface area contributed by atoms with Crippen molar-refractivity contribution in [3.63, 3.8) is 0 Å². The van der Waals surface area contributed by atoms with Crippen molar-refractivity contribution in [2.45, 2.75) is 13.5 Å². The Hall–Kier alpha value is -3.46. The van der Waals surface area contributed by atoms with Gasteiger partial charge < -0.3 is 9.84 Å². The molecule has 142 valence electrons. The van der Waals surface area contributed by atoms with Crippen molar-refractivity contribution in [2.75, 3.05) is 10.7 Å². The highest BCUT2D eigenvalue weighted by molar-refractivity contribution is 6.32. The summed E-state index contributed by atoms with van der Waals surface area (Å²) in [5, 5.41) is 11.4. The quantitative estimate of drug-likeness (QED) is 0.507. The van der Waals surface area contributed by atoms with Gasteiger partial charge in [0.1, 0.15) is 16.5 Å². The molecule has 0 aliphatic rings. The molecule has 0 saturated heterocycles. The Kier molecular flexibility index (Phi) is 4.90. The average molecular weight is 400 g/mol. The average Bonchev–Trinajstić information content (AvgIpc) is 3.32. The maximum atomic E-state index is 13.9. The first-order valence-corrected chi connectivity index (χ1v) is 8.72. The Balaban J connectivity index is 1.46. The van der Waals surface area contributed by atoms with Gasteiger partial charge in [0.05, 0.1) is 24.6 Å². The molecule has 4 rings (SSSR count). The van der Waals surface area contributed by atoms with Gasteiger partial charge >= 0.3 is 0 Å². The summed E-state index contributed by atoms with van der Waals surface area (Å²) >= 11 is 6.15. The molecule has 1 aromatic carbocycles. The summed E-state index contributed by atoms with van der Waals surface area (Å²) in [4.78, 5) is 10.0. The number of halogens is 2. The maximum Gasteiger partial charge on any atom is 0.225 e. The van der Waals surface area contributed by atoms with E-state index in [1.165, 1.54) is 12.3 Å². The van der Waals surface area contributed by atoms with Crippen molar-refractivity contribution in [3.05, 3.63) is 71.1 Å². The molecule has 8 nitrogen and oxygen atoms in total. The van der Waals surface area contributed by atoms with E-state index in [0.29, 0.717) is 33.8 Å². The summed E-state index contributed by atoms with van der Waals surface area (Å²) in [6.45, 7) is 2.16. The van der Waals surface area contributed by atoms with Gasteiger partial charge in [-0.3, -0.25) is 5.43 Å². The third-order valence-electron chi connectivity index (χ3n) is 3.92. The van der Waals surface area contributed by atoms with Crippen molar-refractivity contribution >= 4 is 23.4 Å². The van der Waals surface area contributed by atoms with Crippen LogP contribution in [0.15, 0.2) is 53.3 Å². The fourth-order valence-electron chi connectivity index (χ4n) is 2.48. The molecule has 0 unspecified atom stereocenters. The Morgan fingerprint density at radius 3 is 2.89 bits per heavy atom. The lowest BCUT2D eigenvalue weighted by Crippen LogP contribution is -2.15. The Morgan fingerprint density at radius 1 is 1.25 bits per heavy atom. The lowest BCUT2D eigenvalue weighted by Gasteiger charge is -2.10. The van der Waals surface area contributed by atoms with Gasteiger partial charge in [0, 0.05) is 11.6 Å². The molecule has 0 bridgehead atoms. The van der Waals surface area contributed by atoms with Crippen LogP contribution in [-0.4, -0.2) is 25.0 Å². The minimum Gasteiger partial charge on any atom is -0.359 e. The van der Waals surface area contributed by atoms with E-state index in [2.05, 4.69) is 31.0 Å². The maximum absolute atomic E-state index is 13.9. The number of rotatable bonds is 6. The normalized spacial score (nSPS) is 10.8. The van der Waals surface area contributed by atoms with Gasteiger partial charge in [0.2, 0.25) is 5.95 Å². The Bertz CT molecular complexity index is 1110. The zero-order chi connectivity index (χ0) is 19.5. The highest BCUT2D eigenvalue weighted by Gasteiger charge is 2.12. The molecule has 0 fully saturated rings. The minimum atomic E-state index is -0.360. The smallest absolute Gasteiger partial charge is 0.225 e. The molecule has 2 N–H and O–H groups in total. The van der Waals surface area contributed by atoms with Gasteiger partial charge in [-0.25, -0.2) is 9.37 Å². The third-order valence-corrected chi connectivity index (χ3v) is 4.19. The molecule has 28 heavy (non-hydrogen) atoms. The van der Waals surface area contributed by atoms with Gasteiger partial charge in [-0.05, 0) is 25.1 Å². The second-order valence-corrected chi connectivity index (χ2v) is 6.31. The van der Waals surface area contributed by atoms with Crippen molar-refractivity contribution in [1.82, 2.24) is 25.0 Å². The van der Waals surface area contributed by atoms with E-state index in [1.807, 2.05) is 13.0 Å². The lowest BCUT2D eigenvalue weighted by atomic mass is 10.1. The van der Waals surface area contributed by atoms with Crippen LogP contribution in [-0.2, 0) is 6.54 Å². The first-order valence-electron chi connectivity index (χ1n) is 8.35. The monoisotopic (exact) mass is 399 g/mol. The molecule has 0 aliphatic carbocycles. The largest absolute Gasteiger partial charge is 0.359 e. The Labute approximate surface area is 164 Å². The molecule has 0 aliphatic heterocycles. The second-order valence-electron chi connectivity index (χ2n) is 5.90. The van der Waals surface area contributed by atoms with Crippen LogP contribution in [0.2, 0.25) is 5.02 Å². The summed E-state index contributed by atoms with van der Waals surface area (Å²) in [5.74, 6) is 0.881. The molecule has 3 heterocycles. The molecule has 0 atom stereocenters.